The second kappa shape index (κ2) is 9.07. The highest BCUT2D eigenvalue weighted by atomic mass is 35.5. The molecular formula is C22H22Cl2FN2O3P. The highest BCUT2D eigenvalue weighted by Crippen LogP contribution is 2.40. The predicted molar refractivity (Wildman–Crippen MR) is 125 cm³/mol. The van der Waals surface area contributed by atoms with Crippen LogP contribution in [0, 0.1) is 5.82 Å². The molecule has 9 heteroatoms. The Kier molecular flexibility index (Phi) is 6.85. The maximum absolute atomic E-state index is 13.9. The van der Waals surface area contributed by atoms with Gasteiger partial charge in [0.15, 0.2) is 11.6 Å². The number of hydrogen-bond acceptors (Lipinski definition) is 5. The molecule has 0 saturated carbocycles. The number of aromatic nitrogens is 1. The van der Waals surface area contributed by atoms with Crippen molar-refractivity contribution in [1.29, 1.82) is 0 Å². The molecule has 0 saturated heterocycles. The van der Waals surface area contributed by atoms with Crippen molar-refractivity contribution < 1.29 is 18.4 Å². The highest BCUT2D eigenvalue weighted by molar-refractivity contribution is 7.70. The van der Waals surface area contributed by atoms with Gasteiger partial charge >= 0.3 is 0 Å². The van der Waals surface area contributed by atoms with E-state index in [0.29, 0.717) is 22.2 Å². The Hall–Kier alpha value is -2.27. The third-order valence-corrected chi connectivity index (χ3v) is 7.02. The lowest BCUT2D eigenvalue weighted by molar-refractivity contribution is 0.227. The summed E-state index contributed by atoms with van der Waals surface area (Å²) in [6.07, 6.45) is 0.898. The van der Waals surface area contributed by atoms with E-state index in [-0.39, 0.29) is 21.6 Å². The van der Waals surface area contributed by atoms with Crippen molar-refractivity contribution in [2.24, 2.45) is 0 Å². The first-order valence-electron chi connectivity index (χ1n) is 9.32. The Labute approximate surface area is 190 Å². The van der Waals surface area contributed by atoms with E-state index in [1.54, 1.807) is 44.6 Å². The molecule has 0 aliphatic rings. The fraction of sp³-hybridized carbons (Fsp3) is 0.227. The Morgan fingerprint density at radius 2 is 1.84 bits per heavy atom. The predicted octanol–water partition coefficient (Wildman–Crippen LogP) is 6.17. The number of pyridine rings is 1. The van der Waals surface area contributed by atoms with Crippen LogP contribution >= 0.6 is 30.3 Å². The molecule has 5 nitrogen and oxygen atoms in total. The van der Waals surface area contributed by atoms with Crippen LogP contribution in [0.25, 0.3) is 11.1 Å². The van der Waals surface area contributed by atoms with Gasteiger partial charge in [-0.25, -0.2) is 9.37 Å². The summed E-state index contributed by atoms with van der Waals surface area (Å²) >= 11 is 12.3. The van der Waals surface area contributed by atoms with Crippen LogP contribution in [-0.4, -0.2) is 25.4 Å². The fourth-order valence-electron chi connectivity index (χ4n) is 3.11. The molecule has 2 aromatic carbocycles. The molecule has 0 bridgehead atoms. The molecule has 0 radical (unpaired) electrons. The van der Waals surface area contributed by atoms with Crippen LogP contribution in [0.1, 0.15) is 18.6 Å². The minimum Gasteiger partial charge on any atom is -0.496 e. The minimum absolute atomic E-state index is 0.108. The summed E-state index contributed by atoms with van der Waals surface area (Å²) in [6, 6.07) is 9.68. The van der Waals surface area contributed by atoms with Gasteiger partial charge in [0.25, 0.3) is 0 Å². The average molecular weight is 483 g/mol. The standard InChI is InChI=1S/C22H22Cl2FN2O3P/c1-12(20-16(23)7-8-17(25)21(20)24)30-19-9-13(11-27-22(19)26)15-6-5-14(31(3,4)28)10-18(15)29-2/h5-12H,1-4H3,(H2,26,27). The van der Waals surface area contributed by atoms with Gasteiger partial charge in [-0.3, -0.25) is 0 Å². The molecule has 2 N–H and O–H groups in total. The maximum atomic E-state index is 13.9. The summed E-state index contributed by atoms with van der Waals surface area (Å²) in [7, 11) is -0.911. The normalized spacial score (nSPS) is 12.5. The summed E-state index contributed by atoms with van der Waals surface area (Å²) < 4.78 is 37.8. The van der Waals surface area contributed by atoms with Crippen LogP contribution in [0.3, 0.4) is 0 Å². The number of nitrogen functional groups attached to an aromatic ring is 1. The molecule has 3 rings (SSSR count). The topological polar surface area (TPSA) is 74.4 Å². The summed E-state index contributed by atoms with van der Waals surface area (Å²) in [5.41, 5.74) is 7.73. The molecule has 0 aliphatic carbocycles. The van der Waals surface area contributed by atoms with Crippen LogP contribution in [0.15, 0.2) is 42.6 Å². The number of methoxy groups -OCH3 is 1. The maximum Gasteiger partial charge on any atom is 0.166 e. The van der Waals surface area contributed by atoms with Crippen LogP contribution in [0.2, 0.25) is 10.0 Å². The van der Waals surface area contributed by atoms with E-state index in [1.807, 2.05) is 6.07 Å². The number of ether oxygens (including phenoxy) is 2. The zero-order valence-corrected chi connectivity index (χ0v) is 19.9. The van der Waals surface area contributed by atoms with Crippen molar-refractivity contribution in [3.05, 3.63) is 64.0 Å². The zero-order chi connectivity index (χ0) is 22.9. The molecule has 3 aromatic rings. The largest absolute Gasteiger partial charge is 0.496 e. The molecule has 0 aliphatic heterocycles. The molecule has 1 aromatic heterocycles. The van der Waals surface area contributed by atoms with Crippen LogP contribution in [0.5, 0.6) is 11.5 Å². The third-order valence-electron chi connectivity index (χ3n) is 4.79. The number of benzene rings is 2. The van der Waals surface area contributed by atoms with Gasteiger partial charge in [0, 0.05) is 33.2 Å². The van der Waals surface area contributed by atoms with Gasteiger partial charge in [0.2, 0.25) is 0 Å². The zero-order valence-electron chi connectivity index (χ0n) is 17.4. The van der Waals surface area contributed by atoms with Crippen molar-refractivity contribution in [3.63, 3.8) is 0 Å². The number of halogens is 3. The molecule has 164 valence electrons. The second-order valence-electron chi connectivity index (χ2n) is 7.36. The first kappa shape index (κ1) is 23.4. The molecule has 1 unspecified atom stereocenters. The van der Waals surface area contributed by atoms with Gasteiger partial charge in [-0.15, -0.1) is 0 Å². The Morgan fingerprint density at radius 1 is 1.13 bits per heavy atom. The van der Waals surface area contributed by atoms with E-state index in [1.165, 1.54) is 19.2 Å². The molecule has 31 heavy (non-hydrogen) atoms. The van der Waals surface area contributed by atoms with Gasteiger partial charge in [0.1, 0.15) is 24.8 Å². The molecule has 1 heterocycles. The molecule has 1 atom stereocenters. The number of anilines is 1. The first-order chi connectivity index (χ1) is 14.5. The van der Waals surface area contributed by atoms with Gasteiger partial charge in [-0.05, 0) is 50.6 Å². The smallest absolute Gasteiger partial charge is 0.166 e. The van der Waals surface area contributed by atoms with Crippen molar-refractivity contribution in [1.82, 2.24) is 4.98 Å². The Balaban J connectivity index is 2.00. The Morgan fingerprint density at radius 3 is 2.48 bits per heavy atom. The van der Waals surface area contributed by atoms with E-state index in [0.717, 1.165) is 5.56 Å². The van der Waals surface area contributed by atoms with E-state index in [2.05, 4.69) is 4.98 Å². The number of nitrogens with zero attached hydrogens (tertiary/aromatic N) is 1. The summed E-state index contributed by atoms with van der Waals surface area (Å²) in [5.74, 6) is 0.388. The van der Waals surface area contributed by atoms with Crippen LogP contribution < -0.4 is 20.5 Å². The van der Waals surface area contributed by atoms with Crippen molar-refractivity contribution in [2.45, 2.75) is 13.0 Å². The van der Waals surface area contributed by atoms with Crippen molar-refractivity contribution >= 4 is 41.5 Å². The summed E-state index contributed by atoms with van der Waals surface area (Å²) in [5, 5.41) is 0.878. The van der Waals surface area contributed by atoms with Gasteiger partial charge in [-0.2, -0.15) is 0 Å². The highest BCUT2D eigenvalue weighted by Gasteiger charge is 2.21. The van der Waals surface area contributed by atoms with E-state index < -0.39 is 19.1 Å². The van der Waals surface area contributed by atoms with E-state index in [9.17, 15) is 8.96 Å². The van der Waals surface area contributed by atoms with Crippen LogP contribution in [-0.2, 0) is 4.57 Å². The van der Waals surface area contributed by atoms with Crippen molar-refractivity contribution in [2.75, 3.05) is 26.2 Å². The van der Waals surface area contributed by atoms with Gasteiger partial charge in [-0.1, -0.05) is 29.3 Å². The SMILES string of the molecule is COc1cc(P(C)(C)=O)ccc1-c1cnc(N)c(OC(C)c2c(Cl)ccc(F)c2Cl)c1. The number of nitrogens with two attached hydrogens (primary N) is 1. The Bertz CT molecular complexity index is 1180. The van der Waals surface area contributed by atoms with E-state index >= 15 is 0 Å². The third kappa shape index (κ3) is 4.98. The lowest BCUT2D eigenvalue weighted by Gasteiger charge is -2.20. The number of rotatable bonds is 6. The molecular weight excluding hydrogens is 461 g/mol. The van der Waals surface area contributed by atoms with E-state index in [4.69, 9.17) is 38.4 Å². The monoisotopic (exact) mass is 482 g/mol. The first-order valence-corrected chi connectivity index (χ1v) is 12.7. The molecule has 0 fully saturated rings. The quantitative estimate of drug-likeness (QED) is 0.335. The van der Waals surface area contributed by atoms with Crippen molar-refractivity contribution in [3.8, 4) is 22.6 Å². The summed E-state index contributed by atoms with van der Waals surface area (Å²) in [4.78, 5) is 4.21. The lowest BCUT2D eigenvalue weighted by Crippen LogP contribution is -2.08. The fourth-order valence-corrected chi connectivity index (χ4v) is 4.65. The number of hydrogen-bond donors (Lipinski definition) is 1. The summed E-state index contributed by atoms with van der Waals surface area (Å²) in [6.45, 7) is 5.08. The molecule has 0 spiro atoms. The molecule has 0 amide bonds. The lowest BCUT2D eigenvalue weighted by atomic mass is 10.1. The van der Waals surface area contributed by atoms with Crippen LogP contribution in [0.4, 0.5) is 10.2 Å². The van der Waals surface area contributed by atoms with Gasteiger partial charge in [0.05, 0.1) is 12.1 Å². The minimum atomic E-state index is -2.45. The average Bonchev–Trinajstić information content (AvgIpc) is 2.71. The van der Waals surface area contributed by atoms with Gasteiger partial charge < -0.3 is 19.8 Å². The second-order valence-corrected chi connectivity index (χ2v) is 11.4.